The fourth-order valence-electron chi connectivity index (χ4n) is 9.43. The standard InChI is InChI=1S/C62H77N7O15/c1-62(2)40-83-56(74)20-13-8-9-14-30-66(3)54(72)37-64-53(71)38-67(4)59(77)47(32-41-16-11-10-12-17-41)65-58(76)48(33-42-21-25-45(70)26-22-42)68(5)55(73)39-82-46-19-15-18-44(35-46)50(27-23-43-24-28-51(80-6)52(34-43)81-7)84-61(79)49-36-63-29-31-69(49)60(78)57(62)75/h10-13,15-22,24-26,28,34-35,47-50,63,70H,8-9,14,23,27,29-33,36-40H2,1-7H3,(H,64,71)(H,65,76)/t47-,48+,49+,50-/m1/s1. The van der Waals surface area contributed by atoms with Crippen molar-refractivity contribution in [2.75, 3.05) is 87.8 Å². The van der Waals surface area contributed by atoms with Crippen LogP contribution in [0.5, 0.6) is 23.0 Å². The van der Waals surface area contributed by atoms with Crippen molar-refractivity contribution in [3.8, 4) is 23.0 Å². The molecule has 22 heteroatoms. The number of phenols is 1. The van der Waals surface area contributed by atoms with Crippen molar-refractivity contribution in [3.05, 3.63) is 131 Å². The number of benzene rings is 4. The van der Waals surface area contributed by atoms with Gasteiger partial charge >= 0.3 is 11.9 Å². The highest BCUT2D eigenvalue weighted by molar-refractivity contribution is 6.38. The molecular formula is C62H77N7O15. The number of piperazine rings is 1. The number of methoxy groups -OCH3 is 2. The van der Waals surface area contributed by atoms with Crippen molar-refractivity contribution in [2.45, 2.75) is 83.0 Å². The zero-order valence-electron chi connectivity index (χ0n) is 48.8. The van der Waals surface area contributed by atoms with Gasteiger partial charge in [-0.25, -0.2) is 9.59 Å². The number of rotatable bonds is 9. The van der Waals surface area contributed by atoms with E-state index in [1.165, 1.54) is 75.1 Å². The van der Waals surface area contributed by atoms with Gasteiger partial charge in [0, 0.05) is 66.2 Å². The second-order valence-electron chi connectivity index (χ2n) is 21.4. The average molecular weight is 1160 g/mol. The molecule has 4 atom stereocenters. The lowest BCUT2D eigenvalue weighted by Crippen LogP contribution is -2.60. The molecule has 2 aliphatic rings. The molecule has 22 nitrogen and oxygen atoms in total. The number of ketones is 1. The summed E-state index contributed by atoms with van der Waals surface area (Å²) in [7, 11) is 7.44. The molecule has 2 aliphatic heterocycles. The maximum atomic E-state index is 14.7. The zero-order chi connectivity index (χ0) is 60.9. The van der Waals surface area contributed by atoms with E-state index in [2.05, 4.69) is 16.0 Å². The molecule has 1 saturated heterocycles. The third-order valence-electron chi connectivity index (χ3n) is 14.6. The number of carbonyl (C=O) groups is 9. The summed E-state index contributed by atoms with van der Waals surface area (Å²) >= 11 is 0. The Labute approximate surface area is 489 Å². The number of amides is 6. The van der Waals surface area contributed by atoms with Crippen molar-refractivity contribution in [2.24, 2.45) is 5.41 Å². The highest BCUT2D eigenvalue weighted by Crippen LogP contribution is 2.32. The molecule has 4 aromatic rings. The summed E-state index contributed by atoms with van der Waals surface area (Å²) in [5, 5.41) is 18.6. The number of nitrogens with zero attached hydrogens (tertiary/aromatic N) is 4. The van der Waals surface area contributed by atoms with Gasteiger partial charge in [-0.15, -0.1) is 0 Å². The summed E-state index contributed by atoms with van der Waals surface area (Å²) in [6.45, 7) is 1.70. The summed E-state index contributed by atoms with van der Waals surface area (Å²) in [6.07, 6.45) is 3.94. The largest absolute Gasteiger partial charge is 0.508 e. The van der Waals surface area contributed by atoms with Crippen LogP contribution in [0.25, 0.3) is 0 Å². The first-order valence-corrected chi connectivity index (χ1v) is 27.8. The number of hydrogen-bond acceptors (Lipinski definition) is 16. The minimum atomic E-state index is -1.48. The van der Waals surface area contributed by atoms with Crippen LogP contribution in [0.3, 0.4) is 0 Å². The Hall–Kier alpha value is -8.79. The molecule has 4 N–H and O–H groups in total. The summed E-state index contributed by atoms with van der Waals surface area (Å²) in [6, 6.07) is 23.3. The fourth-order valence-corrected chi connectivity index (χ4v) is 9.43. The minimum absolute atomic E-state index is 0.00718. The van der Waals surface area contributed by atoms with E-state index in [0.29, 0.717) is 60.4 Å². The molecule has 6 rings (SSSR count). The monoisotopic (exact) mass is 1160 g/mol. The normalized spacial score (nSPS) is 21.1. The Morgan fingerprint density at radius 2 is 1.45 bits per heavy atom. The fraction of sp³-hybridized carbons (Fsp3) is 0.435. The number of likely N-dealkylation sites (N-methyl/N-ethyl adjacent to an activating group) is 3. The Balaban J connectivity index is 1.31. The molecule has 0 aromatic heterocycles. The van der Waals surface area contributed by atoms with Crippen molar-refractivity contribution in [3.63, 3.8) is 0 Å². The Bertz CT molecular complexity index is 2990. The third kappa shape index (κ3) is 18.6. The van der Waals surface area contributed by atoms with E-state index in [9.17, 15) is 48.3 Å². The van der Waals surface area contributed by atoms with Gasteiger partial charge in [0.1, 0.15) is 42.3 Å². The van der Waals surface area contributed by atoms with Gasteiger partial charge in [0.2, 0.25) is 29.4 Å². The summed E-state index contributed by atoms with van der Waals surface area (Å²) < 4.78 is 28.8. The van der Waals surface area contributed by atoms with E-state index in [1.54, 1.807) is 92.0 Å². The number of Topliss-reactive ketones (excluding diaryl/α,β-unsaturated/α-hetero) is 1. The van der Waals surface area contributed by atoms with E-state index < -0.39 is 96.7 Å². The molecule has 0 saturated carbocycles. The van der Waals surface area contributed by atoms with Gasteiger partial charge in [-0.05, 0) is 105 Å². The first-order valence-electron chi connectivity index (χ1n) is 27.8. The molecule has 0 unspecified atom stereocenters. The molecule has 0 aliphatic carbocycles. The Kier molecular flexibility index (Phi) is 23.8. The van der Waals surface area contributed by atoms with E-state index in [4.69, 9.17) is 23.7 Å². The molecule has 4 aromatic carbocycles. The maximum absolute atomic E-state index is 14.7. The van der Waals surface area contributed by atoms with E-state index >= 15 is 0 Å². The van der Waals surface area contributed by atoms with Crippen molar-refractivity contribution in [1.82, 2.24) is 35.6 Å². The Morgan fingerprint density at radius 1 is 0.738 bits per heavy atom. The number of nitrogens with one attached hydrogen (secondary N) is 3. The maximum Gasteiger partial charge on any atom is 0.330 e. The van der Waals surface area contributed by atoms with Crippen LogP contribution in [0.2, 0.25) is 0 Å². The highest BCUT2D eigenvalue weighted by Gasteiger charge is 2.43. The topological polar surface area (TPSA) is 269 Å². The van der Waals surface area contributed by atoms with E-state index in [0.717, 1.165) is 10.5 Å². The molecule has 0 radical (unpaired) electrons. The number of esters is 2. The first kappa shape index (κ1) is 64.4. The van der Waals surface area contributed by atoms with Crippen LogP contribution in [0.1, 0.15) is 67.9 Å². The molecule has 84 heavy (non-hydrogen) atoms. The number of ether oxygens (including phenoxy) is 5. The number of carbonyl (C=O) groups excluding carboxylic acids is 9. The number of fused-ring (bicyclic) bond motifs is 3. The molecule has 1 fully saturated rings. The lowest BCUT2D eigenvalue weighted by molar-refractivity contribution is -0.164. The molecular weight excluding hydrogens is 1080 g/mol. The van der Waals surface area contributed by atoms with Crippen molar-refractivity contribution in [1.29, 1.82) is 0 Å². The number of allylic oxidation sites excluding steroid dienone is 1. The highest BCUT2D eigenvalue weighted by atomic mass is 16.5. The lowest BCUT2D eigenvalue weighted by Gasteiger charge is -2.36. The van der Waals surface area contributed by atoms with Crippen LogP contribution < -0.4 is 30.2 Å². The van der Waals surface area contributed by atoms with Crippen LogP contribution in [-0.2, 0) is 71.9 Å². The molecule has 450 valence electrons. The number of cyclic esters (lactones) is 2. The molecule has 2 heterocycles. The van der Waals surface area contributed by atoms with Crippen LogP contribution in [0.15, 0.2) is 109 Å². The number of aromatic hydroxyl groups is 1. The van der Waals surface area contributed by atoms with Crippen LogP contribution in [-0.4, -0.2) is 184 Å². The summed E-state index contributed by atoms with van der Waals surface area (Å²) in [5.41, 5.74) is 1.06. The number of phenolic OH excluding ortho intramolecular Hbond substituents is 1. The number of hydrogen-bond donors (Lipinski definition) is 4. The molecule has 6 amide bonds. The quantitative estimate of drug-likeness (QED) is 0.138. The van der Waals surface area contributed by atoms with Gasteiger partial charge in [-0.2, -0.15) is 0 Å². The van der Waals surface area contributed by atoms with Gasteiger partial charge in [0.15, 0.2) is 18.1 Å². The van der Waals surface area contributed by atoms with Crippen molar-refractivity contribution >= 4 is 53.2 Å². The average Bonchev–Trinajstić information content (AvgIpc) is 3.46. The van der Waals surface area contributed by atoms with Crippen LogP contribution >= 0.6 is 0 Å². The van der Waals surface area contributed by atoms with Gasteiger partial charge in [0.05, 0.1) is 32.7 Å². The predicted octanol–water partition coefficient (Wildman–Crippen LogP) is 3.51. The second kappa shape index (κ2) is 31.0. The third-order valence-corrected chi connectivity index (χ3v) is 14.6. The van der Waals surface area contributed by atoms with Crippen LogP contribution in [0, 0.1) is 5.41 Å². The number of aryl methyl sites for hydroxylation is 1. The van der Waals surface area contributed by atoms with Crippen LogP contribution in [0.4, 0.5) is 0 Å². The summed E-state index contributed by atoms with van der Waals surface area (Å²) in [4.78, 5) is 130. The lowest BCUT2D eigenvalue weighted by atomic mass is 9.88. The zero-order valence-corrected chi connectivity index (χ0v) is 48.8. The predicted molar refractivity (Wildman–Crippen MR) is 308 cm³/mol. The minimum Gasteiger partial charge on any atom is -0.508 e. The molecule has 2 bridgehead atoms. The Morgan fingerprint density at radius 3 is 2.18 bits per heavy atom. The van der Waals surface area contributed by atoms with Crippen molar-refractivity contribution < 1.29 is 71.9 Å². The SMILES string of the molecule is COc1ccc(CC[C@H]2OC(=O)[C@@H]3CNCCN3C(=O)C(=O)C(C)(C)COC(=O)C=CCCCCN(C)C(=O)CNC(=O)CN(C)C(=O)[C@@H](Cc3ccccc3)NC(=O)[C@H](Cc3ccc(O)cc3)N(C)C(=O)COc3cccc2c3)cc1OC. The second-order valence-corrected chi connectivity index (χ2v) is 21.4. The van der Waals surface area contributed by atoms with Gasteiger partial charge in [-0.1, -0.05) is 66.7 Å². The van der Waals surface area contributed by atoms with E-state index in [-0.39, 0.29) is 62.8 Å². The van der Waals surface area contributed by atoms with Gasteiger partial charge in [-0.3, -0.25) is 33.6 Å². The molecule has 0 spiro atoms. The first-order chi connectivity index (χ1) is 40.2. The smallest absolute Gasteiger partial charge is 0.330 e. The summed E-state index contributed by atoms with van der Waals surface area (Å²) in [5.74, 6) is -5.17. The van der Waals surface area contributed by atoms with Gasteiger partial charge in [0.25, 0.3) is 11.8 Å². The van der Waals surface area contributed by atoms with E-state index in [1.807, 2.05) is 6.07 Å². The van der Waals surface area contributed by atoms with Gasteiger partial charge < -0.3 is 64.3 Å².